The number of amides is 4. The molecule has 9 heteroatoms. The van der Waals surface area contributed by atoms with E-state index in [9.17, 15) is 19.2 Å². The number of carbonyl (C=O) groups is 4. The maximum absolute atomic E-state index is 12.3. The zero-order valence-corrected chi connectivity index (χ0v) is 19.2. The first-order valence-electron chi connectivity index (χ1n) is 11.6. The van der Waals surface area contributed by atoms with E-state index < -0.39 is 30.0 Å². The molecule has 0 rings (SSSR count). The van der Waals surface area contributed by atoms with Crippen LogP contribution in [-0.2, 0) is 14.4 Å². The molecule has 0 aliphatic heterocycles. The topological polar surface area (TPSA) is 151 Å². The van der Waals surface area contributed by atoms with E-state index in [1.54, 1.807) is 6.92 Å². The molecule has 0 saturated carbocycles. The Balaban J connectivity index is 4.07. The third-order valence-corrected chi connectivity index (χ3v) is 5.01. The van der Waals surface area contributed by atoms with Crippen LogP contribution in [-0.4, -0.2) is 47.5 Å². The molecule has 0 aliphatic rings. The van der Waals surface area contributed by atoms with Crippen LogP contribution in [0, 0.1) is 0 Å². The van der Waals surface area contributed by atoms with Crippen molar-refractivity contribution < 1.29 is 24.3 Å². The lowest BCUT2D eigenvalue weighted by Crippen LogP contribution is -2.52. The van der Waals surface area contributed by atoms with E-state index in [0.717, 1.165) is 19.3 Å². The molecule has 0 aromatic carbocycles. The molecule has 0 fully saturated rings. The molecule has 9 nitrogen and oxygen atoms in total. The van der Waals surface area contributed by atoms with Crippen LogP contribution in [0.25, 0.3) is 0 Å². The third-order valence-electron chi connectivity index (χ3n) is 5.01. The van der Waals surface area contributed by atoms with Gasteiger partial charge in [0.1, 0.15) is 6.04 Å². The molecule has 0 bridgehead atoms. The molecule has 180 valence electrons. The van der Waals surface area contributed by atoms with Crippen molar-refractivity contribution in [3.63, 3.8) is 0 Å². The molecule has 0 aromatic rings. The van der Waals surface area contributed by atoms with E-state index in [1.807, 2.05) is 0 Å². The number of carboxylic acid groups (broad SMARTS) is 1. The lowest BCUT2D eigenvalue weighted by molar-refractivity contribution is -0.131. The Labute approximate surface area is 186 Å². The fourth-order valence-electron chi connectivity index (χ4n) is 3.26. The van der Waals surface area contributed by atoms with E-state index in [1.165, 1.54) is 51.4 Å². The summed E-state index contributed by atoms with van der Waals surface area (Å²) in [5.41, 5.74) is 5.19. The minimum absolute atomic E-state index is 0.0110. The van der Waals surface area contributed by atoms with Crippen LogP contribution < -0.4 is 21.7 Å². The summed E-state index contributed by atoms with van der Waals surface area (Å²) < 4.78 is 0. The predicted molar refractivity (Wildman–Crippen MR) is 120 cm³/mol. The van der Waals surface area contributed by atoms with Gasteiger partial charge in [-0.1, -0.05) is 71.1 Å². The number of primary amides is 1. The summed E-state index contributed by atoms with van der Waals surface area (Å²) in [5, 5.41) is 15.9. The van der Waals surface area contributed by atoms with Gasteiger partial charge in [0.05, 0.1) is 6.42 Å². The first-order chi connectivity index (χ1) is 14.8. The first-order valence-corrected chi connectivity index (χ1v) is 11.6. The first kappa shape index (κ1) is 28.7. The van der Waals surface area contributed by atoms with Gasteiger partial charge in [-0.2, -0.15) is 0 Å². The second-order valence-electron chi connectivity index (χ2n) is 8.17. The molecular formula is C22H42N4O5. The van der Waals surface area contributed by atoms with Crippen molar-refractivity contribution in [3.05, 3.63) is 0 Å². The van der Waals surface area contributed by atoms with Crippen molar-refractivity contribution in [2.45, 2.75) is 109 Å². The summed E-state index contributed by atoms with van der Waals surface area (Å²) >= 11 is 0. The molecule has 0 aliphatic carbocycles. The normalized spacial score (nSPS) is 12.6. The SMILES string of the molecule is CCCCCCCCCCCCCC(=O)N[C@H](CC(N)=O)C(=O)N[C@@H](C)CNC(=O)O. The molecule has 6 N–H and O–H groups in total. The van der Waals surface area contributed by atoms with Crippen molar-refractivity contribution in [2.24, 2.45) is 5.73 Å². The number of nitrogens with two attached hydrogens (primary N) is 1. The highest BCUT2D eigenvalue weighted by Gasteiger charge is 2.24. The number of unbranched alkanes of at least 4 members (excludes halogenated alkanes) is 10. The Morgan fingerprint density at radius 2 is 1.35 bits per heavy atom. The largest absolute Gasteiger partial charge is 0.465 e. The van der Waals surface area contributed by atoms with Crippen LogP contribution in [0.1, 0.15) is 97.3 Å². The van der Waals surface area contributed by atoms with E-state index in [-0.39, 0.29) is 25.3 Å². The van der Waals surface area contributed by atoms with Crippen LogP contribution in [0.15, 0.2) is 0 Å². The van der Waals surface area contributed by atoms with Crippen molar-refractivity contribution in [2.75, 3.05) is 6.54 Å². The van der Waals surface area contributed by atoms with Gasteiger partial charge >= 0.3 is 6.09 Å². The van der Waals surface area contributed by atoms with E-state index in [0.29, 0.717) is 0 Å². The molecular weight excluding hydrogens is 400 g/mol. The van der Waals surface area contributed by atoms with E-state index in [4.69, 9.17) is 10.8 Å². The van der Waals surface area contributed by atoms with Crippen LogP contribution in [0.2, 0.25) is 0 Å². The minimum Gasteiger partial charge on any atom is -0.465 e. The Morgan fingerprint density at radius 3 is 1.84 bits per heavy atom. The van der Waals surface area contributed by atoms with Crippen LogP contribution in [0.4, 0.5) is 4.79 Å². The maximum atomic E-state index is 12.3. The Hall–Kier alpha value is -2.32. The van der Waals surface area contributed by atoms with Gasteiger partial charge in [-0.15, -0.1) is 0 Å². The molecule has 0 heterocycles. The molecule has 0 radical (unpaired) electrons. The van der Waals surface area contributed by atoms with Crippen molar-refractivity contribution in [3.8, 4) is 0 Å². The minimum atomic E-state index is -1.20. The highest BCUT2D eigenvalue weighted by molar-refractivity contribution is 5.91. The van der Waals surface area contributed by atoms with Crippen LogP contribution >= 0.6 is 0 Å². The van der Waals surface area contributed by atoms with Gasteiger partial charge < -0.3 is 26.8 Å². The summed E-state index contributed by atoms with van der Waals surface area (Å²) in [6, 6.07) is -1.56. The maximum Gasteiger partial charge on any atom is 0.404 e. The molecule has 0 aromatic heterocycles. The van der Waals surface area contributed by atoms with E-state index in [2.05, 4.69) is 22.9 Å². The Morgan fingerprint density at radius 1 is 0.839 bits per heavy atom. The average molecular weight is 443 g/mol. The standard InChI is InChI=1S/C22H42N4O5/c1-3-4-5-6-7-8-9-10-11-12-13-14-20(28)26-18(15-19(23)27)21(29)25-17(2)16-24-22(30)31/h17-18,24H,3-16H2,1-2H3,(H2,23,27)(H,25,29)(H,26,28)(H,30,31)/t17-,18+/m0/s1. The van der Waals surface area contributed by atoms with Crippen molar-refractivity contribution in [1.82, 2.24) is 16.0 Å². The van der Waals surface area contributed by atoms with Gasteiger partial charge in [-0.05, 0) is 13.3 Å². The fourth-order valence-corrected chi connectivity index (χ4v) is 3.26. The van der Waals surface area contributed by atoms with Gasteiger partial charge in [0.25, 0.3) is 0 Å². The predicted octanol–water partition coefficient (Wildman–Crippen LogP) is 2.82. The summed E-state index contributed by atoms with van der Waals surface area (Å²) in [5.74, 6) is -1.56. The zero-order chi connectivity index (χ0) is 23.5. The quantitative estimate of drug-likeness (QED) is 0.195. The molecule has 4 amide bonds. The fraction of sp³-hybridized carbons (Fsp3) is 0.818. The summed E-state index contributed by atoms with van der Waals surface area (Å²) in [6.07, 6.45) is 11.8. The second-order valence-corrected chi connectivity index (χ2v) is 8.17. The molecule has 0 saturated heterocycles. The third kappa shape index (κ3) is 18.2. The molecule has 0 unspecified atom stereocenters. The van der Waals surface area contributed by atoms with Crippen molar-refractivity contribution >= 4 is 23.8 Å². The average Bonchev–Trinajstić information content (AvgIpc) is 2.69. The lowest BCUT2D eigenvalue weighted by atomic mass is 10.0. The lowest BCUT2D eigenvalue weighted by Gasteiger charge is -2.20. The summed E-state index contributed by atoms with van der Waals surface area (Å²) in [6.45, 7) is 3.84. The number of hydrogen-bond donors (Lipinski definition) is 5. The summed E-state index contributed by atoms with van der Waals surface area (Å²) in [4.78, 5) is 46.3. The number of hydrogen-bond acceptors (Lipinski definition) is 4. The Bertz CT molecular complexity index is 542. The number of carbonyl (C=O) groups excluding carboxylic acids is 3. The van der Waals surface area contributed by atoms with Gasteiger partial charge in [-0.3, -0.25) is 14.4 Å². The molecule has 31 heavy (non-hydrogen) atoms. The number of nitrogens with one attached hydrogen (secondary N) is 3. The van der Waals surface area contributed by atoms with Gasteiger partial charge in [0.15, 0.2) is 0 Å². The van der Waals surface area contributed by atoms with Gasteiger partial charge in [0, 0.05) is 19.0 Å². The number of rotatable bonds is 19. The smallest absolute Gasteiger partial charge is 0.404 e. The highest BCUT2D eigenvalue weighted by atomic mass is 16.4. The summed E-state index contributed by atoms with van der Waals surface area (Å²) in [7, 11) is 0. The van der Waals surface area contributed by atoms with E-state index >= 15 is 0 Å². The van der Waals surface area contributed by atoms with Crippen LogP contribution in [0.3, 0.4) is 0 Å². The second kappa shape index (κ2) is 18.4. The Kier molecular flexibility index (Phi) is 17.1. The zero-order valence-electron chi connectivity index (χ0n) is 19.2. The van der Waals surface area contributed by atoms with Gasteiger partial charge in [-0.25, -0.2) is 4.79 Å². The van der Waals surface area contributed by atoms with Crippen LogP contribution in [0.5, 0.6) is 0 Å². The monoisotopic (exact) mass is 442 g/mol. The molecule has 2 atom stereocenters. The highest BCUT2D eigenvalue weighted by Crippen LogP contribution is 2.12. The molecule has 0 spiro atoms. The van der Waals surface area contributed by atoms with Gasteiger partial charge in [0.2, 0.25) is 17.7 Å². The van der Waals surface area contributed by atoms with Crippen molar-refractivity contribution in [1.29, 1.82) is 0 Å².